The van der Waals surface area contributed by atoms with Gasteiger partial charge in [0.05, 0.1) is 18.5 Å². The molecule has 4 aromatic rings. The van der Waals surface area contributed by atoms with E-state index >= 15 is 0 Å². The van der Waals surface area contributed by atoms with Crippen molar-refractivity contribution in [1.82, 2.24) is 15.2 Å². The molecule has 2 aromatic heterocycles. The van der Waals surface area contributed by atoms with Crippen LogP contribution in [-0.4, -0.2) is 27.4 Å². The van der Waals surface area contributed by atoms with E-state index in [0.717, 1.165) is 33.7 Å². The summed E-state index contributed by atoms with van der Waals surface area (Å²) in [6.07, 6.45) is 0. The molecule has 5 heteroatoms. The number of hydrogen-bond donors (Lipinski definition) is 2. The molecular weight excluding hydrogens is 302 g/mol. The second-order valence-corrected chi connectivity index (χ2v) is 5.44. The number of rotatable bonds is 3. The molecule has 0 radical (unpaired) electrons. The van der Waals surface area contributed by atoms with Gasteiger partial charge in [-0.05, 0) is 60.7 Å². The third kappa shape index (κ3) is 2.46. The summed E-state index contributed by atoms with van der Waals surface area (Å²) in [6.45, 7) is 0. The van der Waals surface area contributed by atoms with E-state index in [0.29, 0.717) is 5.65 Å². The lowest BCUT2D eigenvalue weighted by Crippen LogP contribution is -1.85. The van der Waals surface area contributed by atoms with Gasteiger partial charge in [-0.2, -0.15) is 5.10 Å². The van der Waals surface area contributed by atoms with E-state index < -0.39 is 0 Å². The van der Waals surface area contributed by atoms with Gasteiger partial charge in [0.25, 0.3) is 0 Å². The molecule has 0 fully saturated rings. The molecule has 24 heavy (non-hydrogen) atoms. The van der Waals surface area contributed by atoms with Crippen molar-refractivity contribution in [3.05, 3.63) is 60.7 Å². The molecule has 4 rings (SSSR count). The number of fused-ring (bicyclic) bond motifs is 1. The average molecular weight is 317 g/mol. The van der Waals surface area contributed by atoms with Crippen LogP contribution in [0.25, 0.3) is 33.5 Å². The summed E-state index contributed by atoms with van der Waals surface area (Å²) in [5.74, 6) is 1.05. The van der Waals surface area contributed by atoms with Crippen LogP contribution in [0.3, 0.4) is 0 Å². The van der Waals surface area contributed by atoms with Crippen LogP contribution in [0.4, 0.5) is 0 Å². The lowest BCUT2D eigenvalue weighted by Gasteiger charge is -2.03. The van der Waals surface area contributed by atoms with Gasteiger partial charge >= 0.3 is 0 Å². The van der Waals surface area contributed by atoms with Crippen LogP contribution in [-0.2, 0) is 0 Å². The quantitative estimate of drug-likeness (QED) is 0.599. The maximum Gasteiger partial charge on any atom is 0.182 e. The Balaban J connectivity index is 1.76. The minimum absolute atomic E-state index is 0.237. The molecule has 0 saturated carbocycles. The van der Waals surface area contributed by atoms with E-state index in [2.05, 4.69) is 15.2 Å². The topological polar surface area (TPSA) is 71.0 Å². The highest BCUT2D eigenvalue weighted by Gasteiger charge is 2.10. The van der Waals surface area contributed by atoms with Gasteiger partial charge in [0.15, 0.2) is 5.65 Å². The Hall–Kier alpha value is -3.34. The highest BCUT2D eigenvalue weighted by atomic mass is 16.5. The van der Waals surface area contributed by atoms with E-state index in [1.54, 1.807) is 19.2 Å². The van der Waals surface area contributed by atoms with Crippen LogP contribution in [0.1, 0.15) is 0 Å². The summed E-state index contributed by atoms with van der Waals surface area (Å²) < 4.78 is 5.19. The van der Waals surface area contributed by atoms with Crippen molar-refractivity contribution in [2.75, 3.05) is 7.11 Å². The number of aromatic nitrogens is 3. The zero-order valence-electron chi connectivity index (χ0n) is 13.0. The second-order valence-electron chi connectivity index (χ2n) is 5.44. The summed E-state index contributed by atoms with van der Waals surface area (Å²) in [5, 5.41) is 17.7. The number of H-pyrrole nitrogens is 1. The molecule has 0 atom stereocenters. The van der Waals surface area contributed by atoms with Crippen LogP contribution < -0.4 is 4.74 Å². The fourth-order valence-corrected chi connectivity index (χ4v) is 2.67. The first-order chi connectivity index (χ1) is 11.7. The first kappa shape index (κ1) is 14.3. The Labute approximate surface area is 138 Å². The molecular formula is C19H15N3O2. The van der Waals surface area contributed by atoms with E-state index in [1.165, 1.54) is 0 Å². The highest BCUT2D eigenvalue weighted by molar-refractivity contribution is 5.92. The number of aromatic amines is 1. The van der Waals surface area contributed by atoms with Crippen LogP contribution >= 0.6 is 0 Å². The average Bonchev–Trinajstić information content (AvgIpc) is 3.05. The number of pyridine rings is 1. The van der Waals surface area contributed by atoms with E-state index in [9.17, 15) is 5.11 Å². The molecule has 0 saturated heterocycles. The summed E-state index contributed by atoms with van der Waals surface area (Å²) in [7, 11) is 1.65. The van der Waals surface area contributed by atoms with Gasteiger partial charge in [-0.1, -0.05) is 0 Å². The van der Waals surface area contributed by atoms with Gasteiger partial charge in [0, 0.05) is 16.5 Å². The summed E-state index contributed by atoms with van der Waals surface area (Å²) in [6, 6.07) is 18.7. The Bertz CT molecular complexity index is 989. The number of benzene rings is 2. The van der Waals surface area contributed by atoms with Crippen molar-refractivity contribution in [1.29, 1.82) is 0 Å². The van der Waals surface area contributed by atoms with Crippen molar-refractivity contribution < 1.29 is 9.84 Å². The standard InChI is InChI=1S/C19H15N3O2/c1-24-15-8-4-13(5-9-15)18-16-10-11-17(20-19(16)22-21-18)12-2-6-14(23)7-3-12/h2-11,23H,1H3,(H,20,21,22). The van der Waals surface area contributed by atoms with Crippen LogP contribution in [0.2, 0.25) is 0 Å². The minimum atomic E-state index is 0.237. The first-order valence-corrected chi connectivity index (χ1v) is 7.53. The summed E-state index contributed by atoms with van der Waals surface area (Å²) in [5.41, 5.74) is 4.36. The number of methoxy groups -OCH3 is 1. The van der Waals surface area contributed by atoms with E-state index in [4.69, 9.17) is 4.74 Å². The maximum absolute atomic E-state index is 9.40. The van der Waals surface area contributed by atoms with Gasteiger partial charge in [-0.25, -0.2) is 4.98 Å². The zero-order valence-corrected chi connectivity index (χ0v) is 13.0. The molecule has 0 aliphatic rings. The molecule has 2 heterocycles. The minimum Gasteiger partial charge on any atom is -0.508 e. The molecule has 5 nitrogen and oxygen atoms in total. The number of hydrogen-bond acceptors (Lipinski definition) is 4. The number of nitrogens with zero attached hydrogens (tertiary/aromatic N) is 2. The predicted molar refractivity (Wildman–Crippen MR) is 93.0 cm³/mol. The first-order valence-electron chi connectivity index (χ1n) is 7.53. The third-order valence-corrected chi connectivity index (χ3v) is 3.96. The molecule has 0 amide bonds. The molecule has 118 valence electrons. The number of ether oxygens (including phenoxy) is 1. The molecule has 0 aliphatic carbocycles. The van der Waals surface area contributed by atoms with Crippen molar-refractivity contribution in [3.63, 3.8) is 0 Å². The van der Waals surface area contributed by atoms with Gasteiger partial charge < -0.3 is 9.84 Å². The van der Waals surface area contributed by atoms with Crippen molar-refractivity contribution >= 4 is 11.0 Å². The maximum atomic E-state index is 9.40. The lowest BCUT2D eigenvalue weighted by molar-refractivity contribution is 0.415. The molecule has 0 spiro atoms. The van der Waals surface area contributed by atoms with Crippen molar-refractivity contribution in [3.8, 4) is 34.0 Å². The van der Waals surface area contributed by atoms with Crippen LogP contribution in [0, 0.1) is 0 Å². The third-order valence-electron chi connectivity index (χ3n) is 3.96. The van der Waals surface area contributed by atoms with E-state index in [-0.39, 0.29) is 5.75 Å². The number of aromatic hydroxyl groups is 1. The normalized spacial score (nSPS) is 10.9. The predicted octanol–water partition coefficient (Wildman–Crippen LogP) is 4.01. The van der Waals surface area contributed by atoms with Crippen molar-refractivity contribution in [2.24, 2.45) is 0 Å². The SMILES string of the molecule is COc1ccc(-c2[nH]nc3nc(-c4ccc(O)cc4)ccc23)cc1. The number of phenols is 1. The molecule has 0 bridgehead atoms. The Kier molecular flexibility index (Phi) is 3.39. The van der Waals surface area contributed by atoms with Gasteiger partial charge in [-0.15, -0.1) is 0 Å². The number of phenolic OH excluding ortho intramolecular Hbond substituents is 1. The smallest absolute Gasteiger partial charge is 0.182 e. The number of nitrogens with one attached hydrogen (secondary N) is 1. The Morgan fingerprint density at radius 2 is 1.58 bits per heavy atom. The van der Waals surface area contributed by atoms with Gasteiger partial charge in [0.2, 0.25) is 0 Å². The van der Waals surface area contributed by atoms with E-state index in [1.807, 2.05) is 48.5 Å². The van der Waals surface area contributed by atoms with Crippen LogP contribution in [0.5, 0.6) is 11.5 Å². The van der Waals surface area contributed by atoms with Gasteiger partial charge in [-0.3, -0.25) is 5.10 Å². The summed E-state index contributed by atoms with van der Waals surface area (Å²) >= 11 is 0. The Morgan fingerprint density at radius 3 is 2.29 bits per heavy atom. The van der Waals surface area contributed by atoms with Crippen LogP contribution in [0.15, 0.2) is 60.7 Å². The monoisotopic (exact) mass is 317 g/mol. The highest BCUT2D eigenvalue weighted by Crippen LogP contribution is 2.29. The molecule has 0 unspecified atom stereocenters. The lowest BCUT2D eigenvalue weighted by atomic mass is 10.1. The summed E-state index contributed by atoms with van der Waals surface area (Å²) in [4.78, 5) is 4.61. The fraction of sp³-hybridized carbons (Fsp3) is 0.0526. The molecule has 2 aromatic carbocycles. The second kappa shape index (κ2) is 5.70. The fourth-order valence-electron chi connectivity index (χ4n) is 2.67. The largest absolute Gasteiger partial charge is 0.508 e. The molecule has 0 aliphatic heterocycles. The zero-order chi connectivity index (χ0) is 16.5. The van der Waals surface area contributed by atoms with Gasteiger partial charge in [0.1, 0.15) is 11.5 Å². The molecule has 2 N–H and O–H groups in total. The Morgan fingerprint density at radius 1 is 0.875 bits per heavy atom. The van der Waals surface area contributed by atoms with Crippen molar-refractivity contribution in [2.45, 2.75) is 0 Å².